The van der Waals surface area contributed by atoms with E-state index in [4.69, 9.17) is 0 Å². The number of carbonyl (C=O) groups is 1. The minimum absolute atomic E-state index is 0.0116. The summed E-state index contributed by atoms with van der Waals surface area (Å²) in [6.07, 6.45) is 1.92. The van der Waals surface area contributed by atoms with Gasteiger partial charge in [0.1, 0.15) is 5.69 Å². The Labute approximate surface area is 105 Å². The maximum Gasteiger partial charge on any atom is 0.267 e. The van der Waals surface area contributed by atoms with Crippen LogP contribution in [0.2, 0.25) is 0 Å². The van der Waals surface area contributed by atoms with Crippen molar-refractivity contribution in [2.45, 2.75) is 34.2 Å². The Bertz CT molecular complexity index is 377. The van der Waals surface area contributed by atoms with E-state index in [0.29, 0.717) is 12.2 Å². The lowest BCUT2D eigenvalue weighted by molar-refractivity contribution is 0.0930. The lowest BCUT2D eigenvalue weighted by atomic mass is 9.97. The van der Waals surface area contributed by atoms with E-state index in [1.165, 1.54) is 0 Å². The molecule has 0 aliphatic carbocycles. The number of rotatable bonds is 3. The molecule has 16 heavy (non-hydrogen) atoms. The Morgan fingerprint density at radius 2 is 2.12 bits per heavy atom. The smallest absolute Gasteiger partial charge is 0.267 e. The predicted molar refractivity (Wildman–Crippen MR) is 69.6 cm³/mol. The van der Waals surface area contributed by atoms with E-state index in [9.17, 15) is 4.79 Å². The topological polar surface area (TPSA) is 34.0 Å². The largest absolute Gasteiger partial charge is 0.350 e. The third-order valence-electron chi connectivity index (χ3n) is 2.22. The average molecular weight is 287 g/mol. The Kier molecular flexibility index (Phi) is 4.19. The zero-order valence-corrected chi connectivity index (χ0v) is 11.9. The van der Waals surface area contributed by atoms with Crippen molar-refractivity contribution in [3.63, 3.8) is 0 Å². The fourth-order valence-electron chi connectivity index (χ4n) is 1.36. The number of nitrogens with zero attached hydrogens (tertiary/aromatic N) is 1. The zero-order valence-electron chi connectivity index (χ0n) is 10.3. The highest BCUT2D eigenvalue weighted by Gasteiger charge is 2.15. The van der Waals surface area contributed by atoms with Gasteiger partial charge in [0, 0.05) is 23.8 Å². The first-order valence-corrected chi connectivity index (χ1v) is 6.26. The van der Waals surface area contributed by atoms with E-state index in [1.807, 2.05) is 23.8 Å². The first-order valence-electron chi connectivity index (χ1n) is 5.47. The highest BCUT2D eigenvalue weighted by atomic mass is 79.9. The van der Waals surface area contributed by atoms with E-state index < -0.39 is 0 Å². The lowest BCUT2D eigenvalue weighted by Gasteiger charge is -2.18. The van der Waals surface area contributed by atoms with E-state index in [-0.39, 0.29) is 11.3 Å². The molecule has 4 heteroatoms. The second-order valence-corrected chi connectivity index (χ2v) is 5.99. The molecule has 3 nitrogen and oxygen atoms in total. The van der Waals surface area contributed by atoms with Gasteiger partial charge in [0.25, 0.3) is 5.91 Å². The molecule has 0 unspecified atom stereocenters. The summed E-state index contributed by atoms with van der Waals surface area (Å²) in [7, 11) is 0. The van der Waals surface area contributed by atoms with Crippen LogP contribution in [-0.2, 0) is 6.54 Å². The van der Waals surface area contributed by atoms with Gasteiger partial charge in [0.15, 0.2) is 0 Å². The molecule has 1 amide bonds. The number of halogens is 1. The summed E-state index contributed by atoms with van der Waals surface area (Å²) in [5.74, 6) is -0.0116. The monoisotopic (exact) mass is 286 g/mol. The van der Waals surface area contributed by atoms with Crippen molar-refractivity contribution in [3.8, 4) is 0 Å². The molecule has 1 aromatic heterocycles. The summed E-state index contributed by atoms with van der Waals surface area (Å²) in [6.45, 7) is 9.79. The van der Waals surface area contributed by atoms with Gasteiger partial charge in [-0.1, -0.05) is 20.8 Å². The number of hydrogen-bond acceptors (Lipinski definition) is 1. The molecule has 0 aliphatic rings. The molecule has 0 saturated carbocycles. The molecule has 1 N–H and O–H groups in total. The van der Waals surface area contributed by atoms with Crippen molar-refractivity contribution in [1.82, 2.24) is 9.88 Å². The molecule has 90 valence electrons. The van der Waals surface area contributed by atoms with Crippen molar-refractivity contribution >= 4 is 21.8 Å². The Hall–Kier alpha value is -0.770. The van der Waals surface area contributed by atoms with Gasteiger partial charge in [-0.2, -0.15) is 0 Å². The maximum atomic E-state index is 11.9. The van der Waals surface area contributed by atoms with Crippen LogP contribution in [-0.4, -0.2) is 17.0 Å². The Morgan fingerprint density at radius 3 is 2.62 bits per heavy atom. The molecule has 0 radical (unpaired) electrons. The van der Waals surface area contributed by atoms with Crippen molar-refractivity contribution in [1.29, 1.82) is 0 Å². The van der Waals surface area contributed by atoms with Gasteiger partial charge in [-0.05, 0) is 34.3 Å². The highest BCUT2D eigenvalue weighted by molar-refractivity contribution is 9.10. The summed E-state index contributed by atoms with van der Waals surface area (Å²) >= 11 is 3.38. The van der Waals surface area contributed by atoms with E-state index in [2.05, 4.69) is 42.0 Å². The Balaban J connectivity index is 2.73. The van der Waals surface area contributed by atoms with E-state index in [1.54, 1.807) is 0 Å². The fraction of sp³-hybridized carbons (Fsp3) is 0.583. The number of carbonyl (C=O) groups excluding carboxylic acids is 1. The number of nitrogens with one attached hydrogen (secondary N) is 1. The van der Waals surface area contributed by atoms with Gasteiger partial charge in [-0.3, -0.25) is 4.79 Å². The molecule has 1 rings (SSSR count). The predicted octanol–water partition coefficient (Wildman–Crippen LogP) is 3.05. The number of amides is 1. The number of aromatic nitrogens is 1. The molecule has 0 atom stereocenters. The van der Waals surface area contributed by atoms with Crippen LogP contribution in [0.3, 0.4) is 0 Å². The minimum atomic E-state index is -0.0116. The van der Waals surface area contributed by atoms with Crippen molar-refractivity contribution < 1.29 is 4.79 Å². The molecular weight excluding hydrogens is 268 g/mol. The highest BCUT2D eigenvalue weighted by Crippen LogP contribution is 2.16. The molecule has 0 aromatic carbocycles. The second kappa shape index (κ2) is 5.04. The SMILES string of the molecule is CCn1cc(Br)cc1C(=O)NCC(C)(C)C. The third-order valence-corrected chi connectivity index (χ3v) is 2.65. The molecule has 0 saturated heterocycles. The molecular formula is C12H19BrN2O. The summed E-state index contributed by atoms with van der Waals surface area (Å²) < 4.78 is 2.87. The van der Waals surface area contributed by atoms with Gasteiger partial charge < -0.3 is 9.88 Å². The van der Waals surface area contributed by atoms with Crippen LogP contribution in [0.25, 0.3) is 0 Å². The standard InChI is InChI=1S/C12H19BrN2O/c1-5-15-7-9(13)6-10(15)11(16)14-8-12(2,3)4/h6-7H,5,8H2,1-4H3,(H,14,16). The summed E-state index contributed by atoms with van der Waals surface area (Å²) in [5, 5.41) is 2.95. The molecule has 0 bridgehead atoms. The van der Waals surface area contributed by atoms with Gasteiger partial charge in [0.05, 0.1) is 0 Å². The first kappa shape index (κ1) is 13.3. The molecule has 0 spiro atoms. The van der Waals surface area contributed by atoms with Crippen molar-refractivity contribution in [2.24, 2.45) is 5.41 Å². The normalized spacial score (nSPS) is 11.6. The van der Waals surface area contributed by atoms with Gasteiger partial charge in [0.2, 0.25) is 0 Å². The maximum absolute atomic E-state index is 11.9. The van der Waals surface area contributed by atoms with Crippen LogP contribution >= 0.6 is 15.9 Å². The molecule has 0 fully saturated rings. The quantitative estimate of drug-likeness (QED) is 0.911. The number of aryl methyl sites for hydroxylation is 1. The molecule has 0 aliphatic heterocycles. The van der Waals surface area contributed by atoms with E-state index >= 15 is 0 Å². The summed E-state index contributed by atoms with van der Waals surface area (Å²) in [4.78, 5) is 11.9. The number of hydrogen-bond donors (Lipinski definition) is 1. The van der Waals surface area contributed by atoms with Crippen LogP contribution in [0, 0.1) is 5.41 Å². The Morgan fingerprint density at radius 1 is 1.50 bits per heavy atom. The summed E-state index contributed by atoms with van der Waals surface area (Å²) in [6, 6.07) is 1.85. The zero-order chi connectivity index (χ0) is 12.3. The van der Waals surface area contributed by atoms with Crippen molar-refractivity contribution in [3.05, 3.63) is 22.4 Å². The van der Waals surface area contributed by atoms with Gasteiger partial charge in [-0.25, -0.2) is 0 Å². The fourth-order valence-corrected chi connectivity index (χ4v) is 1.83. The third kappa shape index (κ3) is 3.67. The van der Waals surface area contributed by atoms with Gasteiger partial charge >= 0.3 is 0 Å². The van der Waals surface area contributed by atoms with Crippen LogP contribution in [0.15, 0.2) is 16.7 Å². The van der Waals surface area contributed by atoms with Crippen LogP contribution in [0.4, 0.5) is 0 Å². The first-order chi connectivity index (χ1) is 7.33. The van der Waals surface area contributed by atoms with Crippen LogP contribution in [0.5, 0.6) is 0 Å². The van der Waals surface area contributed by atoms with Crippen molar-refractivity contribution in [2.75, 3.05) is 6.54 Å². The summed E-state index contributed by atoms with van der Waals surface area (Å²) in [5.41, 5.74) is 0.815. The molecule has 1 heterocycles. The lowest BCUT2D eigenvalue weighted by Crippen LogP contribution is -2.33. The second-order valence-electron chi connectivity index (χ2n) is 5.07. The minimum Gasteiger partial charge on any atom is -0.350 e. The van der Waals surface area contributed by atoms with Crippen LogP contribution in [0.1, 0.15) is 38.2 Å². The average Bonchev–Trinajstić information content (AvgIpc) is 2.55. The van der Waals surface area contributed by atoms with Gasteiger partial charge in [-0.15, -0.1) is 0 Å². The van der Waals surface area contributed by atoms with Crippen LogP contribution < -0.4 is 5.32 Å². The molecule has 1 aromatic rings. The van der Waals surface area contributed by atoms with E-state index in [0.717, 1.165) is 11.0 Å².